The molecule has 1 aliphatic carbocycles. The van der Waals surface area contributed by atoms with E-state index in [1.54, 1.807) is 0 Å². The lowest BCUT2D eigenvalue weighted by molar-refractivity contribution is -0.111. The summed E-state index contributed by atoms with van der Waals surface area (Å²) in [6, 6.07) is 0. The fourth-order valence-corrected chi connectivity index (χ4v) is 1.24. The van der Waals surface area contributed by atoms with Crippen LogP contribution in [-0.4, -0.2) is 10.3 Å². The molecular weight excluding hydrogens is 188 g/mol. The molecule has 0 bridgehead atoms. The smallest absolute Gasteiger partial charge is 0.221 e. The number of hydrogen-bond donors (Lipinski definition) is 1. The highest BCUT2D eigenvalue weighted by molar-refractivity contribution is 6.63. The summed E-state index contributed by atoms with van der Waals surface area (Å²) in [5.74, 6) is 0.322. The fourth-order valence-electron chi connectivity index (χ4n) is 1.11. The zero-order valence-corrected chi connectivity index (χ0v) is 7.92. The van der Waals surface area contributed by atoms with Gasteiger partial charge in [-0.05, 0) is 18.0 Å². The van der Waals surface area contributed by atoms with Crippen LogP contribution >= 0.6 is 11.6 Å². The summed E-state index contributed by atoms with van der Waals surface area (Å²) in [7, 11) is 0. The third-order valence-electron chi connectivity index (χ3n) is 1.78. The molecule has 0 aromatic carbocycles. The van der Waals surface area contributed by atoms with Crippen molar-refractivity contribution in [1.29, 1.82) is 0 Å². The van der Waals surface area contributed by atoms with Crippen molar-refractivity contribution in [1.82, 2.24) is 0 Å². The monoisotopic (exact) mass is 198 g/mol. The molecule has 0 heterocycles. The van der Waals surface area contributed by atoms with E-state index in [-0.39, 0.29) is 5.24 Å². The number of aliphatic hydroxyl groups excluding tert-OH is 1. The molecular formula is C10H11ClO2. The first-order chi connectivity index (χ1) is 6.20. The number of halogens is 1. The molecule has 0 radical (unpaired) electrons. The lowest BCUT2D eigenvalue weighted by atomic mass is 10.1. The van der Waals surface area contributed by atoms with Gasteiger partial charge in [0, 0.05) is 18.4 Å². The number of rotatable bonds is 4. The van der Waals surface area contributed by atoms with Gasteiger partial charge in [-0.2, -0.15) is 0 Å². The van der Waals surface area contributed by atoms with Crippen molar-refractivity contribution in [2.24, 2.45) is 0 Å². The number of aliphatic hydroxyl groups is 1. The van der Waals surface area contributed by atoms with Crippen molar-refractivity contribution in [3.63, 3.8) is 0 Å². The zero-order chi connectivity index (χ0) is 9.68. The van der Waals surface area contributed by atoms with Gasteiger partial charge in [-0.3, -0.25) is 4.79 Å². The van der Waals surface area contributed by atoms with Crippen LogP contribution in [0.4, 0.5) is 0 Å². The third-order valence-corrected chi connectivity index (χ3v) is 1.97. The van der Waals surface area contributed by atoms with Gasteiger partial charge in [0.2, 0.25) is 5.24 Å². The molecule has 3 heteroatoms. The Labute approximate surface area is 82.2 Å². The summed E-state index contributed by atoms with van der Waals surface area (Å²) in [5, 5.41) is 9.13. The van der Waals surface area contributed by atoms with Gasteiger partial charge in [-0.25, -0.2) is 0 Å². The van der Waals surface area contributed by atoms with Crippen LogP contribution in [0.3, 0.4) is 0 Å². The van der Waals surface area contributed by atoms with Gasteiger partial charge in [-0.1, -0.05) is 24.3 Å². The predicted octanol–water partition coefficient (Wildman–Crippen LogP) is 2.86. The number of hydrogen-bond acceptors (Lipinski definition) is 2. The topological polar surface area (TPSA) is 37.3 Å². The number of carbonyl (C=O) groups excluding carboxylic acids is 1. The van der Waals surface area contributed by atoms with Crippen molar-refractivity contribution in [3.05, 3.63) is 35.6 Å². The first kappa shape index (κ1) is 10.1. The molecule has 2 nitrogen and oxygen atoms in total. The molecule has 1 aliphatic rings. The van der Waals surface area contributed by atoms with E-state index in [9.17, 15) is 9.90 Å². The minimum absolute atomic E-state index is 0.312. The van der Waals surface area contributed by atoms with Gasteiger partial charge < -0.3 is 5.11 Å². The largest absolute Gasteiger partial charge is 0.512 e. The molecule has 13 heavy (non-hydrogen) atoms. The normalized spacial score (nSPS) is 13.8. The predicted molar refractivity (Wildman–Crippen MR) is 52.6 cm³/mol. The molecule has 0 aliphatic heterocycles. The SMILES string of the molecule is O=C(Cl)CCCC(O)=C1C=CC=C1. The number of allylic oxidation sites excluding steroid dienone is 6. The first-order valence-electron chi connectivity index (χ1n) is 4.15. The van der Waals surface area contributed by atoms with E-state index in [1.165, 1.54) is 0 Å². The molecule has 0 amide bonds. The van der Waals surface area contributed by atoms with Gasteiger partial charge in [-0.15, -0.1) is 0 Å². The molecule has 0 saturated heterocycles. The van der Waals surface area contributed by atoms with E-state index in [4.69, 9.17) is 11.6 Å². The van der Waals surface area contributed by atoms with Crippen molar-refractivity contribution in [2.45, 2.75) is 19.3 Å². The second kappa shape index (κ2) is 4.87. The Morgan fingerprint density at radius 2 is 1.92 bits per heavy atom. The van der Waals surface area contributed by atoms with Gasteiger partial charge in [0.05, 0.1) is 5.76 Å². The molecule has 0 unspecified atom stereocenters. The van der Waals surface area contributed by atoms with Crippen LogP contribution in [0, 0.1) is 0 Å². The summed E-state index contributed by atoms with van der Waals surface area (Å²) >= 11 is 5.16. The molecule has 0 aromatic rings. The van der Waals surface area contributed by atoms with Crippen LogP contribution in [0.15, 0.2) is 35.6 Å². The minimum Gasteiger partial charge on any atom is -0.512 e. The molecule has 0 aromatic heterocycles. The van der Waals surface area contributed by atoms with E-state index in [2.05, 4.69) is 0 Å². The second-order valence-electron chi connectivity index (χ2n) is 2.83. The molecule has 1 rings (SSSR count). The van der Waals surface area contributed by atoms with Crippen molar-refractivity contribution in [3.8, 4) is 0 Å². The maximum atomic E-state index is 10.4. The average molecular weight is 199 g/mol. The first-order valence-corrected chi connectivity index (χ1v) is 4.53. The summed E-state index contributed by atoms with van der Waals surface area (Å²) < 4.78 is 0. The fraction of sp³-hybridized carbons (Fsp3) is 0.300. The van der Waals surface area contributed by atoms with Crippen molar-refractivity contribution >= 4 is 16.8 Å². The van der Waals surface area contributed by atoms with Crippen molar-refractivity contribution in [2.75, 3.05) is 0 Å². The minimum atomic E-state index is -0.352. The molecule has 1 N–H and O–H groups in total. The summed E-state index contributed by atoms with van der Waals surface area (Å²) in [6.07, 6.45) is 8.79. The van der Waals surface area contributed by atoms with E-state index in [0.717, 1.165) is 5.57 Å². The Balaban J connectivity index is 2.37. The lowest BCUT2D eigenvalue weighted by Gasteiger charge is -2.00. The van der Waals surface area contributed by atoms with Crippen molar-refractivity contribution < 1.29 is 9.90 Å². The van der Waals surface area contributed by atoms with Crippen LogP contribution < -0.4 is 0 Å². The molecule has 70 valence electrons. The zero-order valence-electron chi connectivity index (χ0n) is 7.16. The Hall–Kier alpha value is -1.02. The summed E-state index contributed by atoms with van der Waals surface area (Å²) in [4.78, 5) is 10.4. The standard InChI is InChI=1S/C10H11ClO2/c11-10(13)7-3-6-9(12)8-4-1-2-5-8/h1-2,4-5,12H,3,6-7H2. The second-order valence-corrected chi connectivity index (χ2v) is 3.25. The molecule has 0 fully saturated rings. The Morgan fingerprint density at radius 3 is 2.46 bits per heavy atom. The van der Waals surface area contributed by atoms with Crippen LogP contribution in [-0.2, 0) is 4.79 Å². The summed E-state index contributed by atoms with van der Waals surface area (Å²) in [6.45, 7) is 0. The highest BCUT2D eigenvalue weighted by Crippen LogP contribution is 2.16. The van der Waals surface area contributed by atoms with E-state index in [1.807, 2.05) is 24.3 Å². The Morgan fingerprint density at radius 1 is 1.31 bits per heavy atom. The third kappa shape index (κ3) is 3.47. The molecule has 0 saturated carbocycles. The highest BCUT2D eigenvalue weighted by Gasteiger charge is 2.03. The highest BCUT2D eigenvalue weighted by atomic mass is 35.5. The van der Waals surface area contributed by atoms with E-state index >= 15 is 0 Å². The van der Waals surface area contributed by atoms with E-state index in [0.29, 0.717) is 25.0 Å². The van der Waals surface area contributed by atoms with E-state index < -0.39 is 0 Å². The molecule has 0 spiro atoms. The van der Waals surface area contributed by atoms with Gasteiger partial charge in [0.25, 0.3) is 0 Å². The maximum absolute atomic E-state index is 10.4. The van der Waals surface area contributed by atoms with Crippen LogP contribution in [0.1, 0.15) is 19.3 Å². The number of carbonyl (C=O) groups is 1. The van der Waals surface area contributed by atoms with Gasteiger partial charge >= 0.3 is 0 Å². The van der Waals surface area contributed by atoms with Crippen LogP contribution in [0.5, 0.6) is 0 Å². The Bertz CT molecular complexity index is 273. The van der Waals surface area contributed by atoms with Crippen LogP contribution in [0.25, 0.3) is 0 Å². The quantitative estimate of drug-likeness (QED) is 0.557. The lowest BCUT2D eigenvalue weighted by Crippen LogP contribution is -1.90. The van der Waals surface area contributed by atoms with Crippen LogP contribution in [0.2, 0.25) is 0 Å². The van der Waals surface area contributed by atoms with Gasteiger partial charge in [0.1, 0.15) is 0 Å². The summed E-state index contributed by atoms with van der Waals surface area (Å²) in [5.41, 5.74) is 0.821. The van der Waals surface area contributed by atoms with Gasteiger partial charge in [0.15, 0.2) is 0 Å². The maximum Gasteiger partial charge on any atom is 0.221 e. The molecule has 0 atom stereocenters. The average Bonchev–Trinajstić information content (AvgIpc) is 2.55. The Kier molecular flexibility index (Phi) is 3.77.